The number of carbonyl (C=O) groups excluding carboxylic acids is 3. The number of para-hydroxylation sites is 1. The fourth-order valence-electron chi connectivity index (χ4n) is 1.43. The molecule has 0 bridgehead atoms. The van der Waals surface area contributed by atoms with Gasteiger partial charge in [-0.05, 0) is 12.1 Å². The number of carbonyl (C=O) groups is 3. The first-order chi connectivity index (χ1) is 12.7. The zero-order valence-electron chi connectivity index (χ0n) is 15.6. The number of ether oxygens (including phenoxy) is 3. The molecule has 150 valence electrons. The maximum atomic E-state index is 12.7. The van der Waals surface area contributed by atoms with Crippen molar-refractivity contribution in [3.63, 3.8) is 0 Å². The zero-order valence-corrected chi connectivity index (χ0v) is 16.5. The van der Waals surface area contributed by atoms with Crippen LogP contribution >= 0.6 is 7.60 Å². The highest BCUT2D eigenvalue weighted by molar-refractivity contribution is 7.71. The highest BCUT2D eigenvalue weighted by Gasteiger charge is 2.39. The van der Waals surface area contributed by atoms with Crippen LogP contribution in [0.3, 0.4) is 0 Å². The second-order valence-electron chi connectivity index (χ2n) is 5.91. The lowest BCUT2D eigenvalue weighted by atomic mass is 10.2. The van der Waals surface area contributed by atoms with Crippen LogP contribution in [0, 0.1) is 11.8 Å². The van der Waals surface area contributed by atoms with E-state index in [1.54, 1.807) is 45.9 Å². The minimum absolute atomic E-state index is 0.105. The molecule has 0 spiro atoms. The molecule has 0 amide bonds. The molecule has 0 saturated carbocycles. The largest absolute Gasteiger partial charge is 0.444 e. The summed E-state index contributed by atoms with van der Waals surface area (Å²) in [5.41, 5.74) is -1.34. The van der Waals surface area contributed by atoms with Crippen LogP contribution < -0.4 is 4.74 Å². The second-order valence-corrected chi connectivity index (χ2v) is 7.79. The molecule has 0 atom stereocenters. The summed E-state index contributed by atoms with van der Waals surface area (Å²) in [5, 5.41) is 0. The normalized spacial score (nSPS) is 11.3. The van der Waals surface area contributed by atoms with Gasteiger partial charge in [-0.25, -0.2) is 9.36 Å². The Labute approximate surface area is 157 Å². The Balaban J connectivity index is 2.77. The summed E-state index contributed by atoms with van der Waals surface area (Å²) in [7, 11) is -4.56. The molecule has 0 aliphatic carbocycles. The van der Waals surface area contributed by atoms with Crippen molar-refractivity contribution in [3.8, 4) is 5.75 Å². The van der Waals surface area contributed by atoms with Crippen LogP contribution in [0.4, 0.5) is 4.79 Å². The van der Waals surface area contributed by atoms with E-state index in [0.29, 0.717) is 0 Å². The van der Waals surface area contributed by atoms with Gasteiger partial charge in [0, 0.05) is 0 Å². The average Bonchev–Trinajstić information content (AvgIpc) is 2.62. The number of hydrogen-bond donors (Lipinski definition) is 0. The predicted molar refractivity (Wildman–Crippen MR) is 93.8 cm³/mol. The van der Waals surface area contributed by atoms with Crippen molar-refractivity contribution in [2.75, 3.05) is 13.6 Å². The third-order valence-electron chi connectivity index (χ3n) is 2.96. The molecule has 0 aliphatic rings. The molecule has 1 aromatic carbocycles. The third-order valence-corrected chi connectivity index (χ3v) is 4.39. The van der Waals surface area contributed by atoms with Gasteiger partial charge >= 0.3 is 25.2 Å². The van der Waals surface area contributed by atoms with Crippen LogP contribution in [0.5, 0.6) is 5.75 Å². The highest BCUT2D eigenvalue weighted by atomic mass is 31.2. The minimum atomic E-state index is -4.56. The summed E-state index contributed by atoms with van der Waals surface area (Å²) in [6, 6.07) is 7.81. The Bertz CT molecular complexity index is 655. The number of esters is 2. The van der Waals surface area contributed by atoms with Crippen LogP contribution in [0.1, 0.15) is 27.7 Å². The third kappa shape index (κ3) is 7.90. The van der Waals surface area contributed by atoms with E-state index in [0.717, 1.165) is 0 Å². The molecule has 9 nitrogen and oxygen atoms in total. The van der Waals surface area contributed by atoms with Crippen LogP contribution in [0.15, 0.2) is 30.3 Å². The predicted octanol–water partition coefficient (Wildman–Crippen LogP) is 3.73. The van der Waals surface area contributed by atoms with Crippen LogP contribution in [-0.2, 0) is 32.7 Å². The molecule has 0 N–H and O–H groups in total. The lowest BCUT2D eigenvalue weighted by molar-refractivity contribution is -0.156. The molecule has 0 fully saturated rings. The number of benzene rings is 1. The van der Waals surface area contributed by atoms with E-state index in [1.807, 2.05) is 0 Å². The van der Waals surface area contributed by atoms with Gasteiger partial charge in [0.05, 0.1) is 11.8 Å². The molecule has 0 unspecified atom stereocenters. The van der Waals surface area contributed by atoms with Gasteiger partial charge in [0.15, 0.2) is 0 Å². The lowest BCUT2D eigenvalue weighted by Gasteiger charge is -2.17. The number of hydrogen-bond acceptors (Lipinski definition) is 9. The SMILES string of the molecule is CC(C)C(=O)OCOP(=O)(OCOC(=O)C(C)C)C(=O)Oc1ccccc1. The average molecular weight is 402 g/mol. The fourth-order valence-corrected chi connectivity index (χ4v) is 2.31. The molecule has 27 heavy (non-hydrogen) atoms. The van der Waals surface area contributed by atoms with Gasteiger partial charge in [-0.1, -0.05) is 45.9 Å². The smallest absolute Gasteiger partial charge is 0.438 e. The van der Waals surface area contributed by atoms with Crippen LogP contribution in [0.2, 0.25) is 0 Å². The summed E-state index contributed by atoms with van der Waals surface area (Å²) in [5.74, 6) is -2.03. The Morgan fingerprint density at radius 3 is 1.70 bits per heavy atom. The molecule has 10 heteroatoms. The van der Waals surface area contributed by atoms with Gasteiger partial charge in [-0.15, -0.1) is 0 Å². The summed E-state index contributed by atoms with van der Waals surface area (Å²) < 4.78 is 36.9. The highest BCUT2D eigenvalue weighted by Crippen LogP contribution is 2.50. The minimum Gasteiger partial charge on any atom is -0.438 e. The van der Waals surface area contributed by atoms with E-state index in [1.165, 1.54) is 12.1 Å². The maximum Gasteiger partial charge on any atom is 0.444 e. The summed E-state index contributed by atoms with van der Waals surface area (Å²) in [6.07, 6.45) is 0. The van der Waals surface area contributed by atoms with Crippen molar-refractivity contribution in [1.82, 2.24) is 0 Å². The molecule has 1 rings (SSSR count). The molecule has 0 saturated heterocycles. The topological polar surface area (TPSA) is 114 Å². The van der Waals surface area contributed by atoms with Crippen molar-refractivity contribution < 1.29 is 42.2 Å². The van der Waals surface area contributed by atoms with E-state index < -0.39 is 50.7 Å². The van der Waals surface area contributed by atoms with Gasteiger partial charge in [-0.3, -0.25) is 18.6 Å². The van der Waals surface area contributed by atoms with Gasteiger partial charge in [0.1, 0.15) is 5.75 Å². The standard InChI is InChI=1S/C17H23O9P/c1-12(2)15(18)22-10-24-27(21,25-11-23-16(19)13(3)4)17(20)26-14-8-6-5-7-9-14/h5-9,12-13H,10-11H2,1-4H3. The van der Waals surface area contributed by atoms with Crippen LogP contribution in [-0.4, -0.2) is 31.2 Å². The van der Waals surface area contributed by atoms with Gasteiger partial charge in [-0.2, -0.15) is 0 Å². The molecular weight excluding hydrogens is 379 g/mol. The Morgan fingerprint density at radius 2 is 1.30 bits per heavy atom. The Morgan fingerprint density at radius 1 is 0.852 bits per heavy atom. The Hall–Kier alpha value is -2.22. The molecule has 1 aromatic rings. The quantitative estimate of drug-likeness (QED) is 0.328. The van der Waals surface area contributed by atoms with E-state index in [-0.39, 0.29) is 5.75 Å². The monoisotopic (exact) mass is 402 g/mol. The maximum absolute atomic E-state index is 12.7. The summed E-state index contributed by atoms with van der Waals surface area (Å²) in [4.78, 5) is 35.1. The van der Waals surface area contributed by atoms with Crippen molar-refractivity contribution in [2.24, 2.45) is 11.8 Å². The van der Waals surface area contributed by atoms with Crippen molar-refractivity contribution in [1.29, 1.82) is 0 Å². The Kier molecular flexibility index (Phi) is 9.14. The van der Waals surface area contributed by atoms with Crippen molar-refractivity contribution in [2.45, 2.75) is 27.7 Å². The first-order valence-corrected chi connectivity index (χ1v) is 9.69. The van der Waals surface area contributed by atoms with Gasteiger partial charge in [0.2, 0.25) is 13.6 Å². The molecule has 0 aromatic heterocycles. The van der Waals surface area contributed by atoms with Crippen LogP contribution in [0.25, 0.3) is 0 Å². The lowest BCUT2D eigenvalue weighted by Crippen LogP contribution is -2.19. The van der Waals surface area contributed by atoms with Gasteiger partial charge < -0.3 is 14.2 Å². The van der Waals surface area contributed by atoms with Gasteiger partial charge in [0.25, 0.3) is 0 Å². The zero-order chi connectivity index (χ0) is 20.4. The molecule has 0 heterocycles. The number of rotatable bonds is 10. The second kappa shape index (κ2) is 10.8. The molecular formula is C17H23O9P. The van der Waals surface area contributed by atoms with Crippen molar-refractivity contribution in [3.05, 3.63) is 30.3 Å². The summed E-state index contributed by atoms with van der Waals surface area (Å²) >= 11 is 0. The van der Waals surface area contributed by atoms with E-state index in [4.69, 9.17) is 23.3 Å². The molecule has 0 radical (unpaired) electrons. The van der Waals surface area contributed by atoms with Crippen molar-refractivity contribution >= 4 is 25.2 Å². The first kappa shape index (κ1) is 22.8. The summed E-state index contributed by atoms with van der Waals surface area (Å²) in [6.45, 7) is 4.77. The van der Waals surface area contributed by atoms with E-state index in [9.17, 15) is 18.9 Å². The molecule has 0 aliphatic heterocycles. The first-order valence-electron chi connectivity index (χ1n) is 8.15. The van der Waals surface area contributed by atoms with E-state index in [2.05, 4.69) is 0 Å². The van der Waals surface area contributed by atoms with E-state index >= 15 is 0 Å². The fraction of sp³-hybridized carbons (Fsp3) is 0.471.